The van der Waals surface area contributed by atoms with E-state index in [2.05, 4.69) is 4.74 Å². The van der Waals surface area contributed by atoms with Crippen molar-refractivity contribution in [3.05, 3.63) is 57.9 Å². The highest BCUT2D eigenvalue weighted by Crippen LogP contribution is 2.23. The average molecular weight is 397 g/mol. The molecular weight excluding hydrogens is 370 g/mol. The summed E-state index contributed by atoms with van der Waals surface area (Å²) >= 11 is 0. The molecule has 6 nitrogen and oxygen atoms in total. The lowest BCUT2D eigenvalue weighted by Crippen LogP contribution is -2.16. The summed E-state index contributed by atoms with van der Waals surface area (Å²) in [6.45, 7) is 3.83. The Balaban J connectivity index is 1.63. The molecule has 0 radical (unpaired) electrons. The third-order valence-corrected chi connectivity index (χ3v) is 5.56. The highest BCUT2D eigenvalue weighted by Gasteiger charge is 2.19. The number of hydrogen-bond donors (Lipinski definition) is 0. The van der Waals surface area contributed by atoms with E-state index < -0.39 is 5.97 Å². The van der Waals surface area contributed by atoms with Gasteiger partial charge in [-0.1, -0.05) is 6.07 Å². The van der Waals surface area contributed by atoms with Crippen molar-refractivity contribution in [1.82, 2.24) is 4.57 Å². The van der Waals surface area contributed by atoms with E-state index in [-0.39, 0.29) is 24.8 Å². The van der Waals surface area contributed by atoms with Gasteiger partial charge in [-0.15, -0.1) is 0 Å². The van der Waals surface area contributed by atoms with Gasteiger partial charge in [0.1, 0.15) is 0 Å². The summed E-state index contributed by atoms with van der Waals surface area (Å²) in [5, 5.41) is 0. The van der Waals surface area contributed by atoms with Gasteiger partial charge in [0, 0.05) is 23.5 Å². The number of Topliss-reactive ketones (excluding diaryl/α,β-unsaturated/α-hetero) is 1. The molecule has 1 aromatic carbocycles. The molecule has 0 fully saturated rings. The second-order valence-electron chi connectivity index (χ2n) is 7.45. The first-order valence-corrected chi connectivity index (χ1v) is 9.96. The number of aromatic nitrogens is 1. The molecular formula is C23H27NO5. The van der Waals surface area contributed by atoms with Crippen molar-refractivity contribution in [3.8, 4) is 0 Å². The molecule has 2 aromatic rings. The molecule has 0 amide bonds. The molecule has 0 aliphatic heterocycles. The minimum Gasteiger partial charge on any atom is -0.469 e. The number of nitrogens with zero attached hydrogens (tertiary/aromatic N) is 1. The van der Waals surface area contributed by atoms with Crippen molar-refractivity contribution < 1.29 is 23.9 Å². The molecule has 0 unspecified atom stereocenters. The Morgan fingerprint density at radius 3 is 2.48 bits per heavy atom. The lowest BCUT2D eigenvalue weighted by molar-refractivity contribution is -0.140. The number of rotatable bonds is 7. The fraction of sp³-hybridized carbons (Fsp3) is 0.435. The van der Waals surface area contributed by atoms with Crippen molar-refractivity contribution in [2.75, 3.05) is 13.7 Å². The molecule has 1 aromatic heterocycles. The van der Waals surface area contributed by atoms with Crippen LogP contribution in [0.2, 0.25) is 0 Å². The molecule has 0 atom stereocenters. The Kier molecular flexibility index (Phi) is 6.52. The van der Waals surface area contributed by atoms with Crippen molar-refractivity contribution in [2.45, 2.75) is 52.5 Å². The van der Waals surface area contributed by atoms with Gasteiger partial charge in [0.05, 0.1) is 19.1 Å². The van der Waals surface area contributed by atoms with E-state index in [9.17, 15) is 14.4 Å². The van der Waals surface area contributed by atoms with E-state index in [1.165, 1.54) is 24.7 Å². The highest BCUT2D eigenvalue weighted by atomic mass is 16.5. The fourth-order valence-corrected chi connectivity index (χ4v) is 3.89. The van der Waals surface area contributed by atoms with Gasteiger partial charge >= 0.3 is 11.9 Å². The summed E-state index contributed by atoms with van der Waals surface area (Å²) in [7, 11) is 1.35. The van der Waals surface area contributed by atoms with Gasteiger partial charge < -0.3 is 14.0 Å². The Morgan fingerprint density at radius 2 is 1.76 bits per heavy atom. The second kappa shape index (κ2) is 9.07. The number of carbonyl (C=O) groups is 3. The zero-order valence-electron chi connectivity index (χ0n) is 17.2. The molecule has 6 heteroatoms. The van der Waals surface area contributed by atoms with Gasteiger partial charge in [0.25, 0.3) is 0 Å². The Labute approximate surface area is 170 Å². The molecule has 0 saturated heterocycles. The largest absolute Gasteiger partial charge is 0.469 e. The first kappa shape index (κ1) is 20.8. The standard InChI is InChI=1S/C23H27NO5/c1-15-12-20(16(2)24(15)11-10-22(26)28-3)21(25)14-29-23(27)19-9-8-17-6-4-5-7-18(17)13-19/h8-9,12-13H,4-7,10-11,14H2,1-3H3. The summed E-state index contributed by atoms with van der Waals surface area (Å²) in [6.07, 6.45) is 4.58. The van der Waals surface area contributed by atoms with E-state index in [0.717, 1.165) is 30.7 Å². The number of benzene rings is 1. The average Bonchev–Trinajstić information content (AvgIpc) is 3.03. The molecule has 1 heterocycles. The van der Waals surface area contributed by atoms with Crippen LogP contribution in [0.1, 0.15) is 62.5 Å². The van der Waals surface area contributed by atoms with Crippen LogP contribution in [-0.4, -0.2) is 36.0 Å². The number of ether oxygens (including phenoxy) is 2. The number of carbonyl (C=O) groups excluding carboxylic acids is 3. The van der Waals surface area contributed by atoms with Crippen molar-refractivity contribution in [1.29, 1.82) is 0 Å². The van der Waals surface area contributed by atoms with Crippen LogP contribution in [0.3, 0.4) is 0 Å². The molecule has 0 saturated carbocycles. The molecule has 0 bridgehead atoms. The van der Waals surface area contributed by atoms with Crippen LogP contribution in [0.25, 0.3) is 0 Å². The molecule has 1 aliphatic rings. The maximum absolute atomic E-state index is 12.6. The van der Waals surface area contributed by atoms with Crippen LogP contribution in [0.5, 0.6) is 0 Å². The summed E-state index contributed by atoms with van der Waals surface area (Å²) in [5.41, 5.74) is 5.11. The number of hydrogen-bond acceptors (Lipinski definition) is 5. The Hall–Kier alpha value is -2.89. The molecule has 29 heavy (non-hydrogen) atoms. The van der Waals surface area contributed by atoms with Crippen molar-refractivity contribution >= 4 is 17.7 Å². The van der Waals surface area contributed by atoms with Gasteiger partial charge in [-0.05, 0) is 68.9 Å². The first-order valence-electron chi connectivity index (χ1n) is 9.96. The van der Waals surface area contributed by atoms with Crippen molar-refractivity contribution in [3.63, 3.8) is 0 Å². The third kappa shape index (κ3) is 4.75. The van der Waals surface area contributed by atoms with Crippen molar-refractivity contribution in [2.24, 2.45) is 0 Å². The summed E-state index contributed by atoms with van der Waals surface area (Å²) < 4.78 is 11.9. The number of methoxy groups -OCH3 is 1. The maximum atomic E-state index is 12.6. The zero-order valence-corrected chi connectivity index (χ0v) is 17.2. The normalized spacial score (nSPS) is 12.9. The first-order chi connectivity index (χ1) is 13.9. The SMILES string of the molecule is COC(=O)CCn1c(C)cc(C(=O)COC(=O)c2ccc3c(c2)CCCC3)c1C. The Bertz CT molecular complexity index is 941. The zero-order chi connectivity index (χ0) is 21.0. The minimum atomic E-state index is -0.480. The Morgan fingerprint density at radius 1 is 1.03 bits per heavy atom. The van der Waals surface area contributed by atoms with E-state index in [4.69, 9.17) is 4.74 Å². The van der Waals surface area contributed by atoms with Crippen LogP contribution in [0, 0.1) is 13.8 Å². The molecule has 0 spiro atoms. The summed E-state index contributed by atoms with van der Waals surface area (Å²) in [4.78, 5) is 36.4. The molecule has 0 N–H and O–H groups in total. The van der Waals surface area contributed by atoms with Gasteiger partial charge in [0.15, 0.2) is 6.61 Å². The number of aryl methyl sites for hydroxylation is 3. The van der Waals surface area contributed by atoms with Gasteiger partial charge in [-0.2, -0.15) is 0 Å². The van der Waals surface area contributed by atoms with E-state index in [0.29, 0.717) is 17.7 Å². The lowest BCUT2D eigenvalue weighted by atomic mass is 9.90. The van der Waals surface area contributed by atoms with Gasteiger partial charge in [-0.3, -0.25) is 9.59 Å². The van der Waals surface area contributed by atoms with E-state index in [1.807, 2.05) is 30.5 Å². The molecule has 1 aliphatic carbocycles. The molecule has 154 valence electrons. The summed E-state index contributed by atoms with van der Waals surface area (Å²) in [5.74, 6) is -1.04. The predicted molar refractivity (Wildman–Crippen MR) is 108 cm³/mol. The topological polar surface area (TPSA) is 74.6 Å². The van der Waals surface area contributed by atoms with Crippen LogP contribution in [0.15, 0.2) is 24.3 Å². The number of ketones is 1. The van der Waals surface area contributed by atoms with Crippen LogP contribution in [0.4, 0.5) is 0 Å². The van der Waals surface area contributed by atoms with Gasteiger partial charge in [-0.25, -0.2) is 4.79 Å². The number of fused-ring (bicyclic) bond motifs is 1. The van der Waals surface area contributed by atoms with Crippen LogP contribution < -0.4 is 0 Å². The maximum Gasteiger partial charge on any atom is 0.338 e. The van der Waals surface area contributed by atoms with E-state index in [1.54, 1.807) is 12.1 Å². The van der Waals surface area contributed by atoms with E-state index >= 15 is 0 Å². The summed E-state index contributed by atoms with van der Waals surface area (Å²) in [6, 6.07) is 7.42. The predicted octanol–water partition coefficient (Wildman–Crippen LogP) is 3.59. The quantitative estimate of drug-likeness (QED) is 0.527. The second-order valence-corrected chi connectivity index (χ2v) is 7.45. The smallest absolute Gasteiger partial charge is 0.338 e. The monoisotopic (exact) mass is 397 g/mol. The number of esters is 2. The third-order valence-electron chi connectivity index (χ3n) is 5.56. The minimum absolute atomic E-state index is 0.230. The highest BCUT2D eigenvalue weighted by molar-refractivity contribution is 6.00. The lowest BCUT2D eigenvalue weighted by Gasteiger charge is -2.16. The fourth-order valence-electron chi connectivity index (χ4n) is 3.89. The van der Waals surface area contributed by atoms with Gasteiger partial charge in [0.2, 0.25) is 5.78 Å². The van der Waals surface area contributed by atoms with Crippen LogP contribution >= 0.6 is 0 Å². The molecule has 3 rings (SSSR count). The van der Waals surface area contributed by atoms with Crippen LogP contribution in [-0.2, 0) is 33.7 Å².